The molecular formula is C8H8ClN3S. The normalized spacial score (nSPS) is 10.9. The Balaban J connectivity index is 2.49. The van der Waals surface area contributed by atoms with Gasteiger partial charge in [0, 0.05) is 17.3 Å². The van der Waals surface area contributed by atoms with Crippen molar-refractivity contribution in [3.63, 3.8) is 0 Å². The minimum atomic E-state index is 0.690. The molecule has 2 aromatic rings. The molecule has 0 fully saturated rings. The monoisotopic (exact) mass is 213 g/mol. The molecule has 2 rings (SSSR count). The summed E-state index contributed by atoms with van der Waals surface area (Å²) in [5, 5.41) is 4.96. The number of pyridine rings is 1. The third-order valence-corrected chi connectivity index (χ3v) is 2.40. The standard InChI is InChI=1S/C8H8ClN3S/c1-13-5-7-10-8-4-6(9)2-3-12(8)11-7/h2-4H,5H2,1H3. The van der Waals surface area contributed by atoms with Crippen molar-refractivity contribution in [1.29, 1.82) is 0 Å². The summed E-state index contributed by atoms with van der Waals surface area (Å²) in [6.45, 7) is 0. The smallest absolute Gasteiger partial charge is 0.161 e. The third kappa shape index (κ3) is 1.78. The predicted molar refractivity (Wildman–Crippen MR) is 55.2 cm³/mol. The minimum absolute atomic E-state index is 0.690. The average molecular weight is 214 g/mol. The first kappa shape index (κ1) is 8.84. The van der Waals surface area contributed by atoms with Crippen LogP contribution in [0.4, 0.5) is 0 Å². The van der Waals surface area contributed by atoms with Crippen LogP contribution in [0.5, 0.6) is 0 Å². The zero-order chi connectivity index (χ0) is 9.26. The quantitative estimate of drug-likeness (QED) is 0.767. The molecule has 2 heterocycles. The zero-order valence-corrected chi connectivity index (χ0v) is 8.64. The molecular weight excluding hydrogens is 206 g/mol. The van der Waals surface area contributed by atoms with Gasteiger partial charge in [-0.05, 0) is 12.3 Å². The molecule has 0 aliphatic heterocycles. The summed E-state index contributed by atoms with van der Waals surface area (Å²) in [6, 6.07) is 3.60. The molecule has 13 heavy (non-hydrogen) atoms. The van der Waals surface area contributed by atoms with E-state index in [-0.39, 0.29) is 0 Å². The van der Waals surface area contributed by atoms with Crippen LogP contribution in [0.1, 0.15) is 5.82 Å². The van der Waals surface area contributed by atoms with E-state index in [1.807, 2.05) is 12.5 Å². The Labute approximate surface area is 85.1 Å². The number of hydrogen-bond donors (Lipinski definition) is 0. The van der Waals surface area contributed by atoms with E-state index in [1.165, 1.54) is 0 Å². The van der Waals surface area contributed by atoms with E-state index in [9.17, 15) is 0 Å². The van der Waals surface area contributed by atoms with Crippen molar-refractivity contribution in [2.24, 2.45) is 0 Å². The van der Waals surface area contributed by atoms with Gasteiger partial charge in [-0.3, -0.25) is 0 Å². The number of halogens is 1. The van der Waals surface area contributed by atoms with Crippen LogP contribution in [0.3, 0.4) is 0 Å². The lowest BCUT2D eigenvalue weighted by Crippen LogP contribution is -1.86. The summed E-state index contributed by atoms with van der Waals surface area (Å²) >= 11 is 7.52. The van der Waals surface area contributed by atoms with Crippen LogP contribution >= 0.6 is 23.4 Å². The molecule has 0 amide bonds. The first-order chi connectivity index (χ1) is 6.29. The number of hydrogen-bond acceptors (Lipinski definition) is 3. The molecule has 0 spiro atoms. The molecule has 5 heteroatoms. The number of aromatic nitrogens is 3. The largest absolute Gasteiger partial charge is 0.221 e. The molecule has 0 saturated carbocycles. The summed E-state index contributed by atoms with van der Waals surface area (Å²) in [4.78, 5) is 4.31. The SMILES string of the molecule is CSCc1nc2cc(Cl)ccn2n1. The van der Waals surface area contributed by atoms with E-state index in [2.05, 4.69) is 10.1 Å². The molecule has 0 saturated heterocycles. The summed E-state index contributed by atoms with van der Waals surface area (Å²) in [5.41, 5.74) is 0.802. The van der Waals surface area contributed by atoms with Crippen molar-refractivity contribution < 1.29 is 0 Å². The van der Waals surface area contributed by atoms with E-state index < -0.39 is 0 Å². The Kier molecular flexibility index (Phi) is 2.42. The van der Waals surface area contributed by atoms with Gasteiger partial charge >= 0.3 is 0 Å². The van der Waals surface area contributed by atoms with Crippen molar-refractivity contribution in [3.05, 3.63) is 29.2 Å². The van der Waals surface area contributed by atoms with Gasteiger partial charge in [0.15, 0.2) is 11.5 Å². The van der Waals surface area contributed by atoms with Gasteiger partial charge in [-0.1, -0.05) is 11.6 Å². The molecule has 0 aromatic carbocycles. The van der Waals surface area contributed by atoms with E-state index >= 15 is 0 Å². The Bertz CT molecular complexity index is 426. The molecule has 0 aliphatic carbocycles. The molecule has 0 aliphatic rings. The molecule has 0 N–H and O–H groups in total. The van der Waals surface area contributed by atoms with Crippen LogP contribution in [0.2, 0.25) is 5.02 Å². The van der Waals surface area contributed by atoms with Crippen LogP contribution in [0.25, 0.3) is 5.65 Å². The molecule has 0 bridgehead atoms. The maximum atomic E-state index is 5.82. The van der Waals surface area contributed by atoms with Gasteiger partial charge in [0.05, 0.1) is 5.75 Å². The van der Waals surface area contributed by atoms with Crippen LogP contribution in [-0.4, -0.2) is 20.9 Å². The maximum Gasteiger partial charge on any atom is 0.161 e. The van der Waals surface area contributed by atoms with Gasteiger partial charge in [0.2, 0.25) is 0 Å². The van der Waals surface area contributed by atoms with E-state index in [4.69, 9.17) is 11.6 Å². The van der Waals surface area contributed by atoms with E-state index in [0.717, 1.165) is 17.2 Å². The Morgan fingerprint density at radius 3 is 3.23 bits per heavy atom. The zero-order valence-electron chi connectivity index (χ0n) is 7.07. The maximum absolute atomic E-state index is 5.82. The highest BCUT2D eigenvalue weighted by Crippen LogP contribution is 2.12. The molecule has 2 aromatic heterocycles. The van der Waals surface area contributed by atoms with Gasteiger partial charge in [0.25, 0.3) is 0 Å². The van der Waals surface area contributed by atoms with Crippen molar-refractivity contribution in [2.75, 3.05) is 6.26 Å². The third-order valence-electron chi connectivity index (χ3n) is 1.62. The summed E-state index contributed by atoms with van der Waals surface area (Å²) in [5.74, 6) is 1.68. The second-order valence-electron chi connectivity index (χ2n) is 2.61. The van der Waals surface area contributed by atoms with Crippen molar-refractivity contribution in [1.82, 2.24) is 14.6 Å². The summed E-state index contributed by atoms with van der Waals surface area (Å²) in [7, 11) is 0. The first-order valence-corrected chi connectivity index (χ1v) is 5.56. The van der Waals surface area contributed by atoms with Crippen molar-refractivity contribution in [3.8, 4) is 0 Å². The number of nitrogens with zero attached hydrogens (tertiary/aromatic N) is 3. The van der Waals surface area contributed by atoms with Crippen LogP contribution in [0.15, 0.2) is 18.3 Å². The second kappa shape index (κ2) is 3.55. The molecule has 0 unspecified atom stereocenters. The Morgan fingerprint density at radius 2 is 2.46 bits per heavy atom. The lowest BCUT2D eigenvalue weighted by Gasteiger charge is -1.89. The molecule has 0 radical (unpaired) electrons. The fourth-order valence-corrected chi connectivity index (χ4v) is 1.63. The highest BCUT2D eigenvalue weighted by molar-refractivity contribution is 7.97. The molecule has 0 atom stereocenters. The lowest BCUT2D eigenvalue weighted by atomic mass is 10.5. The number of rotatable bonds is 2. The first-order valence-electron chi connectivity index (χ1n) is 3.79. The lowest BCUT2D eigenvalue weighted by molar-refractivity contribution is 0.925. The van der Waals surface area contributed by atoms with Crippen LogP contribution in [-0.2, 0) is 5.75 Å². The van der Waals surface area contributed by atoms with Gasteiger partial charge < -0.3 is 0 Å². The van der Waals surface area contributed by atoms with Gasteiger partial charge in [-0.2, -0.15) is 16.9 Å². The fourth-order valence-electron chi connectivity index (χ4n) is 1.09. The predicted octanol–water partition coefficient (Wildman–Crippen LogP) is 2.25. The number of fused-ring (bicyclic) bond motifs is 1. The van der Waals surface area contributed by atoms with Gasteiger partial charge in [0.1, 0.15) is 0 Å². The fraction of sp³-hybridized carbons (Fsp3) is 0.250. The van der Waals surface area contributed by atoms with Crippen LogP contribution in [0, 0.1) is 0 Å². The van der Waals surface area contributed by atoms with Crippen LogP contribution < -0.4 is 0 Å². The molecule has 3 nitrogen and oxygen atoms in total. The van der Waals surface area contributed by atoms with E-state index in [0.29, 0.717) is 5.02 Å². The number of thioether (sulfide) groups is 1. The Hall–Kier alpha value is -0.740. The van der Waals surface area contributed by atoms with Crippen molar-refractivity contribution in [2.45, 2.75) is 5.75 Å². The molecule has 68 valence electrons. The Morgan fingerprint density at radius 1 is 1.62 bits per heavy atom. The topological polar surface area (TPSA) is 30.2 Å². The summed E-state index contributed by atoms with van der Waals surface area (Å²) < 4.78 is 1.73. The van der Waals surface area contributed by atoms with E-state index in [1.54, 1.807) is 28.4 Å². The average Bonchev–Trinajstić information content (AvgIpc) is 2.46. The van der Waals surface area contributed by atoms with Gasteiger partial charge in [-0.15, -0.1) is 0 Å². The van der Waals surface area contributed by atoms with Crippen molar-refractivity contribution >= 4 is 29.0 Å². The van der Waals surface area contributed by atoms with Gasteiger partial charge in [-0.25, -0.2) is 9.50 Å². The highest BCUT2D eigenvalue weighted by Gasteiger charge is 2.02. The summed E-state index contributed by atoms with van der Waals surface area (Å²) in [6.07, 6.45) is 3.84. The minimum Gasteiger partial charge on any atom is -0.221 e. The highest BCUT2D eigenvalue weighted by atomic mass is 35.5. The second-order valence-corrected chi connectivity index (χ2v) is 3.91.